The molecule has 144 valence electrons. The van der Waals surface area contributed by atoms with Crippen LogP contribution in [0.5, 0.6) is 5.75 Å². The molecule has 0 aliphatic carbocycles. The van der Waals surface area contributed by atoms with Gasteiger partial charge in [0, 0.05) is 29.9 Å². The molecule has 0 radical (unpaired) electrons. The lowest BCUT2D eigenvalue weighted by molar-refractivity contribution is -0.134. The third kappa shape index (κ3) is 5.26. The fourth-order valence-corrected chi connectivity index (χ4v) is 2.94. The summed E-state index contributed by atoms with van der Waals surface area (Å²) in [7, 11) is 0. The number of aromatic nitrogens is 2. The second-order valence-corrected chi connectivity index (χ2v) is 6.80. The van der Waals surface area contributed by atoms with Crippen molar-refractivity contribution in [2.24, 2.45) is 0 Å². The lowest BCUT2D eigenvalue weighted by Crippen LogP contribution is -2.05. The maximum atomic E-state index is 11.4. The van der Waals surface area contributed by atoms with Crippen LogP contribution in [0.1, 0.15) is 45.1 Å². The molecular weight excluding hydrogens is 348 g/mol. The number of carbonyl (C=O) groups excluding carboxylic acids is 1. The molecule has 0 aliphatic heterocycles. The third-order valence-electron chi connectivity index (χ3n) is 4.64. The van der Waals surface area contributed by atoms with E-state index in [1.54, 1.807) is 19.1 Å². The molecule has 0 atom stereocenters. The zero-order chi connectivity index (χ0) is 19.8. The van der Waals surface area contributed by atoms with Crippen molar-refractivity contribution in [1.29, 1.82) is 0 Å². The molecule has 1 aromatic heterocycles. The zero-order valence-corrected chi connectivity index (χ0v) is 16.5. The number of esters is 1. The topological polar surface area (TPSA) is 52.1 Å². The Kier molecular flexibility index (Phi) is 6.90. The van der Waals surface area contributed by atoms with Gasteiger partial charge in [0.05, 0.1) is 0 Å². The van der Waals surface area contributed by atoms with Gasteiger partial charge in [-0.2, -0.15) is 0 Å². The standard InChI is InChI=1S/C24H26N2O2/c1-3-5-6-7-18-8-10-20(11-9-18)24-25-16-21(17-26-24)19-12-14-22(15-13-19)28-23(27)4-2/h8-17H,3-7H2,1-2H3. The van der Waals surface area contributed by atoms with E-state index in [9.17, 15) is 4.79 Å². The first-order chi connectivity index (χ1) is 13.7. The Hall–Kier alpha value is -3.01. The van der Waals surface area contributed by atoms with Crippen molar-refractivity contribution in [2.75, 3.05) is 0 Å². The van der Waals surface area contributed by atoms with Crippen LogP contribution in [-0.4, -0.2) is 15.9 Å². The van der Waals surface area contributed by atoms with Crippen molar-refractivity contribution in [3.8, 4) is 28.3 Å². The number of benzene rings is 2. The predicted molar refractivity (Wildman–Crippen MR) is 112 cm³/mol. The molecule has 1 heterocycles. The van der Waals surface area contributed by atoms with Gasteiger partial charge in [0.15, 0.2) is 5.82 Å². The van der Waals surface area contributed by atoms with Gasteiger partial charge in [-0.15, -0.1) is 0 Å². The molecule has 0 fully saturated rings. The van der Waals surface area contributed by atoms with Crippen molar-refractivity contribution >= 4 is 5.97 Å². The van der Waals surface area contributed by atoms with E-state index in [-0.39, 0.29) is 5.97 Å². The summed E-state index contributed by atoms with van der Waals surface area (Å²) >= 11 is 0. The summed E-state index contributed by atoms with van der Waals surface area (Å²) in [6.07, 6.45) is 8.88. The van der Waals surface area contributed by atoms with Crippen molar-refractivity contribution in [2.45, 2.75) is 46.0 Å². The summed E-state index contributed by atoms with van der Waals surface area (Å²) < 4.78 is 5.20. The smallest absolute Gasteiger partial charge is 0.310 e. The Labute approximate surface area is 166 Å². The van der Waals surface area contributed by atoms with Gasteiger partial charge in [-0.25, -0.2) is 9.97 Å². The number of carbonyl (C=O) groups is 1. The van der Waals surface area contributed by atoms with Crippen molar-refractivity contribution < 1.29 is 9.53 Å². The monoisotopic (exact) mass is 374 g/mol. The highest BCUT2D eigenvalue weighted by molar-refractivity contribution is 5.72. The maximum Gasteiger partial charge on any atom is 0.310 e. The molecule has 0 unspecified atom stereocenters. The molecule has 0 saturated carbocycles. The van der Waals surface area contributed by atoms with Gasteiger partial charge in [0.2, 0.25) is 0 Å². The Morgan fingerprint density at radius 3 is 2.07 bits per heavy atom. The number of nitrogens with zero attached hydrogens (tertiary/aromatic N) is 2. The van der Waals surface area contributed by atoms with Crippen LogP contribution < -0.4 is 4.74 Å². The summed E-state index contributed by atoms with van der Waals surface area (Å²) in [6, 6.07) is 15.9. The second-order valence-electron chi connectivity index (χ2n) is 6.80. The number of hydrogen-bond acceptors (Lipinski definition) is 4. The van der Waals surface area contributed by atoms with E-state index >= 15 is 0 Å². The molecule has 0 N–H and O–H groups in total. The first-order valence-electron chi connectivity index (χ1n) is 9.92. The fraction of sp³-hybridized carbons (Fsp3) is 0.292. The first-order valence-corrected chi connectivity index (χ1v) is 9.92. The lowest BCUT2D eigenvalue weighted by atomic mass is 10.0. The molecule has 0 amide bonds. The molecule has 2 aromatic carbocycles. The predicted octanol–water partition coefficient (Wildman–Crippen LogP) is 5.86. The van der Waals surface area contributed by atoms with Crippen LogP contribution in [0, 0.1) is 0 Å². The van der Waals surface area contributed by atoms with E-state index in [1.165, 1.54) is 24.8 Å². The Morgan fingerprint density at radius 1 is 0.821 bits per heavy atom. The molecule has 28 heavy (non-hydrogen) atoms. The minimum absolute atomic E-state index is 0.239. The van der Waals surface area contributed by atoms with E-state index < -0.39 is 0 Å². The van der Waals surface area contributed by atoms with E-state index in [2.05, 4.69) is 41.2 Å². The zero-order valence-electron chi connectivity index (χ0n) is 16.5. The minimum Gasteiger partial charge on any atom is -0.427 e. The maximum absolute atomic E-state index is 11.4. The Morgan fingerprint density at radius 2 is 1.46 bits per heavy atom. The highest BCUT2D eigenvalue weighted by atomic mass is 16.5. The van der Waals surface area contributed by atoms with Gasteiger partial charge in [0.1, 0.15) is 5.75 Å². The molecule has 4 heteroatoms. The van der Waals surface area contributed by atoms with E-state index in [1.807, 2.05) is 24.5 Å². The SMILES string of the molecule is CCCCCc1ccc(-c2ncc(-c3ccc(OC(=O)CC)cc3)cn2)cc1. The summed E-state index contributed by atoms with van der Waals surface area (Å²) in [5, 5.41) is 0. The lowest BCUT2D eigenvalue weighted by Gasteiger charge is -2.06. The van der Waals surface area contributed by atoms with E-state index in [0.29, 0.717) is 12.2 Å². The van der Waals surface area contributed by atoms with Crippen LogP contribution in [0.4, 0.5) is 0 Å². The van der Waals surface area contributed by atoms with Gasteiger partial charge in [0.25, 0.3) is 0 Å². The molecule has 0 saturated heterocycles. The molecule has 0 spiro atoms. The van der Waals surface area contributed by atoms with Gasteiger partial charge >= 0.3 is 5.97 Å². The van der Waals surface area contributed by atoms with Gasteiger partial charge in [-0.1, -0.05) is 63.1 Å². The van der Waals surface area contributed by atoms with Crippen molar-refractivity contribution in [1.82, 2.24) is 9.97 Å². The molecule has 0 bridgehead atoms. The van der Waals surface area contributed by atoms with Gasteiger partial charge in [-0.3, -0.25) is 4.79 Å². The first kappa shape index (κ1) is 19.7. The number of aryl methyl sites for hydroxylation is 1. The number of unbranched alkanes of at least 4 members (excludes halogenated alkanes) is 2. The quantitative estimate of drug-likeness (QED) is 0.281. The van der Waals surface area contributed by atoms with E-state index in [0.717, 1.165) is 28.9 Å². The number of rotatable bonds is 8. The van der Waals surface area contributed by atoms with Crippen LogP contribution in [0.2, 0.25) is 0 Å². The number of ether oxygens (including phenoxy) is 1. The highest BCUT2D eigenvalue weighted by Gasteiger charge is 2.06. The molecule has 3 rings (SSSR count). The summed E-state index contributed by atoms with van der Waals surface area (Å²) in [4.78, 5) is 20.4. The van der Waals surface area contributed by atoms with Crippen LogP contribution in [0.25, 0.3) is 22.5 Å². The Balaban J connectivity index is 1.67. The fourth-order valence-electron chi connectivity index (χ4n) is 2.94. The van der Waals surface area contributed by atoms with Crippen LogP contribution in [0.15, 0.2) is 60.9 Å². The van der Waals surface area contributed by atoms with Crippen LogP contribution in [-0.2, 0) is 11.2 Å². The molecule has 4 nitrogen and oxygen atoms in total. The van der Waals surface area contributed by atoms with Crippen molar-refractivity contribution in [3.63, 3.8) is 0 Å². The van der Waals surface area contributed by atoms with Gasteiger partial charge < -0.3 is 4.74 Å². The van der Waals surface area contributed by atoms with Crippen LogP contribution in [0.3, 0.4) is 0 Å². The third-order valence-corrected chi connectivity index (χ3v) is 4.64. The largest absolute Gasteiger partial charge is 0.427 e. The minimum atomic E-state index is -0.239. The second kappa shape index (κ2) is 9.79. The van der Waals surface area contributed by atoms with Crippen molar-refractivity contribution in [3.05, 3.63) is 66.5 Å². The van der Waals surface area contributed by atoms with Crippen LogP contribution >= 0.6 is 0 Å². The highest BCUT2D eigenvalue weighted by Crippen LogP contribution is 2.23. The summed E-state index contributed by atoms with van der Waals surface area (Å²) in [6.45, 7) is 4.00. The normalized spacial score (nSPS) is 10.6. The van der Waals surface area contributed by atoms with E-state index in [4.69, 9.17) is 4.74 Å². The summed E-state index contributed by atoms with van der Waals surface area (Å²) in [5.74, 6) is 1.03. The molecule has 0 aliphatic rings. The average molecular weight is 374 g/mol. The molecular formula is C24H26N2O2. The number of hydrogen-bond donors (Lipinski definition) is 0. The average Bonchev–Trinajstić information content (AvgIpc) is 2.75. The molecule has 3 aromatic rings. The van der Waals surface area contributed by atoms with Gasteiger partial charge in [-0.05, 0) is 36.1 Å². The summed E-state index contributed by atoms with van der Waals surface area (Å²) in [5.41, 5.74) is 4.28. The Bertz CT molecular complexity index is 885.